The van der Waals surface area contributed by atoms with Crippen molar-refractivity contribution < 1.29 is 22.4 Å². The molecule has 0 aliphatic rings. The molecule has 0 heterocycles. The normalized spacial score (nSPS) is 12.1. The summed E-state index contributed by atoms with van der Waals surface area (Å²) in [6.07, 6.45) is 0.226. The maximum Gasteiger partial charge on any atom is 0.264 e. The number of likely N-dealkylation sites (N-methyl/N-ethyl adjacent to an activating group) is 1. The number of para-hydroxylation sites is 1. The highest BCUT2D eigenvalue weighted by Gasteiger charge is 2.35. The molecule has 0 bridgehead atoms. The minimum absolute atomic E-state index is 0.111. The second-order valence-electron chi connectivity index (χ2n) is 8.82. The number of halogens is 3. The topological polar surface area (TPSA) is 86.8 Å². The average Bonchev–Trinajstić information content (AvgIpc) is 2.89. The molecule has 3 aromatic carbocycles. The fourth-order valence-electron chi connectivity index (χ4n) is 4.07. The van der Waals surface area contributed by atoms with Crippen LogP contribution in [0, 0.1) is 12.7 Å². The Morgan fingerprint density at radius 3 is 2.13 bits per heavy atom. The van der Waals surface area contributed by atoms with Crippen molar-refractivity contribution in [3.8, 4) is 0 Å². The Kier molecular flexibility index (Phi) is 10.4. The van der Waals surface area contributed by atoms with Gasteiger partial charge in [-0.25, -0.2) is 12.8 Å². The molecule has 3 rings (SSSR count). The average molecular weight is 595 g/mol. The van der Waals surface area contributed by atoms with Crippen molar-refractivity contribution in [2.45, 2.75) is 44.7 Å². The van der Waals surface area contributed by atoms with E-state index in [-0.39, 0.29) is 33.6 Å². The van der Waals surface area contributed by atoms with Gasteiger partial charge in [-0.15, -0.1) is 0 Å². The van der Waals surface area contributed by atoms with Crippen LogP contribution < -0.4 is 9.62 Å². The first kappa shape index (κ1) is 30.4. The number of nitrogens with one attached hydrogen (secondary N) is 1. The smallest absolute Gasteiger partial charge is 0.264 e. The molecular weight excluding hydrogens is 564 g/mol. The third-order valence-electron chi connectivity index (χ3n) is 6.14. The first-order valence-electron chi connectivity index (χ1n) is 12.3. The number of hydrogen-bond donors (Lipinski definition) is 1. The highest BCUT2D eigenvalue weighted by atomic mass is 35.5. The van der Waals surface area contributed by atoms with Crippen molar-refractivity contribution in [2.24, 2.45) is 0 Å². The summed E-state index contributed by atoms with van der Waals surface area (Å²) in [5.41, 5.74) is 0.932. The highest BCUT2D eigenvalue weighted by Crippen LogP contribution is 2.29. The van der Waals surface area contributed by atoms with E-state index < -0.39 is 40.2 Å². The fraction of sp³-hybridized carbons (Fsp3) is 0.286. The summed E-state index contributed by atoms with van der Waals surface area (Å²) >= 11 is 12.8. The molecule has 0 aliphatic carbocycles. The van der Waals surface area contributed by atoms with E-state index in [2.05, 4.69) is 5.32 Å². The molecule has 0 radical (unpaired) electrons. The highest BCUT2D eigenvalue weighted by molar-refractivity contribution is 7.92. The Morgan fingerprint density at radius 2 is 1.56 bits per heavy atom. The number of aryl methyl sites for hydroxylation is 1. The van der Waals surface area contributed by atoms with E-state index in [0.29, 0.717) is 12.1 Å². The molecule has 0 saturated heterocycles. The van der Waals surface area contributed by atoms with Gasteiger partial charge in [0.05, 0.1) is 10.6 Å². The van der Waals surface area contributed by atoms with Crippen molar-refractivity contribution in [1.29, 1.82) is 0 Å². The number of carbonyl (C=O) groups excluding carboxylic acids is 2. The van der Waals surface area contributed by atoms with E-state index in [1.807, 2.05) is 0 Å². The first-order chi connectivity index (χ1) is 18.5. The number of rotatable bonds is 11. The van der Waals surface area contributed by atoms with Gasteiger partial charge in [0.1, 0.15) is 18.4 Å². The monoisotopic (exact) mass is 593 g/mol. The zero-order valence-electron chi connectivity index (χ0n) is 21.8. The molecule has 3 aromatic rings. The molecule has 2 amide bonds. The molecule has 0 aliphatic heterocycles. The molecule has 208 valence electrons. The summed E-state index contributed by atoms with van der Waals surface area (Å²) in [5.74, 6) is -1.98. The lowest BCUT2D eigenvalue weighted by atomic mass is 10.1. The minimum atomic E-state index is -4.38. The molecule has 39 heavy (non-hydrogen) atoms. The van der Waals surface area contributed by atoms with Crippen LogP contribution in [0.15, 0.2) is 71.6 Å². The van der Waals surface area contributed by atoms with Crippen molar-refractivity contribution in [2.75, 3.05) is 17.4 Å². The lowest BCUT2D eigenvalue weighted by molar-refractivity contribution is -0.140. The third-order valence-corrected chi connectivity index (χ3v) is 8.62. The van der Waals surface area contributed by atoms with Gasteiger partial charge in [-0.2, -0.15) is 0 Å². The van der Waals surface area contributed by atoms with Gasteiger partial charge in [0.25, 0.3) is 10.0 Å². The molecule has 0 fully saturated rings. The van der Waals surface area contributed by atoms with E-state index in [1.165, 1.54) is 35.2 Å². The molecular formula is C28H30Cl2FN3O4S. The van der Waals surface area contributed by atoms with Gasteiger partial charge in [0.2, 0.25) is 11.8 Å². The second-order valence-corrected chi connectivity index (χ2v) is 11.5. The summed E-state index contributed by atoms with van der Waals surface area (Å²) < 4.78 is 43.2. The van der Waals surface area contributed by atoms with E-state index in [4.69, 9.17) is 23.2 Å². The zero-order chi connectivity index (χ0) is 28.7. The van der Waals surface area contributed by atoms with Crippen LogP contribution in [-0.2, 0) is 26.2 Å². The number of nitrogens with zero attached hydrogens (tertiary/aromatic N) is 2. The molecule has 0 saturated carbocycles. The van der Waals surface area contributed by atoms with Gasteiger partial charge in [0.15, 0.2) is 0 Å². The van der Waals surface area contributed by atoms with Crippen molar-refractivity contribution in [1.82, 2.24) is 10.2 Å². The van der Waals surface area contributed by atoms with E-state index in [0.717, 1.165) is 15.9 Å². The summed E-state index contributed by atoms with van der Waals surface area (Å²) in [4.78, 5) is 28.0. The van der Waals surface area contributed by atoms with E-state index in [9.17, 15) is 22.4 Å². The molecule has 0 unspecified atom stereocenters. The quantitative estimate of drug-likeness (QED) is 0.314. The Labute approximate surface area is 238 Å². The summed E-state index contributed by atoms with van der Waals surface area (Å²) in [5, 5.41) is 3.28. The maximum atomic E-state index is 15.0. The Bertz CT molecular complexity index is 1410. The zero-order valence-corrected chi connectivity index (χ0v) is 24.2. The standard InChI is InChI=1S/C28H30Cl2FN3O4S/c1-4-25(28(36)32-5-2)33(17-21-22(29)9-8-10-23(21)30)27(35)18-34(26-12-7-6-11-24(26)31)39(37,38)20-15-13-19(3)14-16-20/h6-16,25H,4-5,17-18H2,1-3H3,(H,32,36)/t25-/m1/s1. The van der Waals surface area contributed by atoms with Crippen LogP contribution in [0.1, 0.15) is 31.4 Å². The van der Waals surface area contributed by atoms with Gasteiger partial charge in [-0.05, 0) is 56.7 Å². The van der Waals surface area contributed by atoms with Crippen molar-refractivity contribution in [3.63, 3.8) is 0 Å². The minimum Gasteiger partial charge on any atom is -0.355 e. The SMILES string of the molecule is CCNC(=O)[C@@H](CC)N(Cc1c(Cl)cccc1Cl)C(=O)CN(c1ccccc1F)S(=O)(=O)c1ccc(C)cc1. The number of sulfonamides is 1. The molecule has 7 nitrogen and oxygen atoms in total. The number of benzene rings is 3. The fourth-order valence-corrected chi connectivity index (χ4v) is 6.01. The molecule has 11 heteroatoms. The van der Waals surface area contributed by atoms with E-state index in [1.54, 1.807) is 51.1 Å². The van der Waals surface area contributed by atoms with Crippen LogP contribution in [0.5, 0.6) is 0 Å². The van der Waals surface area contributed by atoms with Crippen molar-refractivity contribution >= 4 is 50.7 Å². The molecule has 0 aromatic heterocycles. The lowest BCUT2D eigenvalue weighted by Gasteiger charge is -2.33. The van der Waals surface area contributed by atoms with E-state index >= 15 is 0 Å². The van der Waals surface area contributed by atoms with Crippen LogP contribution in [0.25, 0.3) is 0 Å². The maximum absolute atomic E-state index is 15.0. The number of hydrogen-bond acceptors (Lipinski definition) is 4. The van der Waals surface area contributed by atoms with Crippen LogP contribution in [-0.4, -0.2) is 44.3 Å². The van der Waals surface area contributed by atoms with Gasteiger partial charge in [0, 0.05) is 28.7 Å². The van der Waals surface area contributed by atoms with Crippen LogP contribution in [0.3, 0.4) is 0 Å². The predicted molar refractivity (Wildman–Crippen MR) is 152 cm³/mol. The summed E-state index contributed by atoms with van der Waals surface area (Å²) in [6, 6.07) is 15.2. The van der Waals surface area contributed by atoms with Crippen LogP contribution in [0.2, 0.25) is 10.0 Å². The molecule has 1 atom stereocenters. The number of carbonyl (C=O) groups is 2. The largest absolute Gasteiger partial charge is 0.355 e. The molecule has 1 N–H and O–H groups in total. The van der Waals surface area contributed by atoms with Crippen molar-refractivity contribution in [3.05, 3.63) is 93.7 Å². The number of amides is 2. The number of anilines is 1. The molecule has 0 spiro atoms. The van der Waals surface area contributed by atoms with Gasteiger partial charge in [-0.1, -0.05) is 66.0 Å². The second kappa shape index (κ2) is 13.3. The van der Waals surface area contributed by atoms with Gasteiger partial charge >= 0.3 is 0 Å². The summed E-state index contributed by atoms with van der Waals surface area (Å²) in [6.45, 7) is 4.67. The Morgan fingerprint density at radius 1 is 0.949 bits per heavy atom. The first-order valence-corrected chi connectivity index (χ1v) is 14.5. The predicted octanol–water partition coefficient (Wildman–Crippen LogP) is 5.58. The van der Waals surface area contributed by atoms with Crippen LogP contribution in [0.4, 0.5) is 10.1 Å². The Hall–Kier alpha value is -3.14. The third kappa shape index (κ3) is 7.09. The summed E-state index contributed by atoms with van der Waals surface area (Å²) in [7, 11) is -4.38. The Balaban J connectivity index is 2.11. The van der Waals surface area contributed by atoms with Gasteiger partial charge in [-0.3, -0.25) is 13.9 Å². The van der Waals surface area contributed by atoms with Gasteiger partial charge < -0.3 is 10.2 Å². The lowest BCUT2D eigenvalue weighted by Crippen LogP contribution is -2.52. The van der Waals surface area contributed by atoms with Crippen LogP contribution >= 0.6 is 23.2 Å².